The van der Waals surface area contributed by atoms with Gasteiger partial charge < -0.3 is 10.2 Å². The van der Waals surface area contributed by atoms with E-state index in [1.165, 1.54) is 71.2 Å². The third-order valence-corrected chi connectivity index (χ3v) is 5.68. The molecule has 2 rings (SSSR count). The molecule has 2 aliphatic heterocycles. The van der Waals surface area contributed by atoms with Crippen LogP contribution in [0.15, 0.2) is 0 Å². The molecule has 2 aliphatic rings. The van der Waals surface area contributed by atoms with Crippen LogP contribution in [0.25, 0.3) is 0 Å². The van der Waals surface area contributed by atoms with Gasteiger partial charge in [0.15, 0.2) is 0 Å². The van der Waals surface area contributed by atoms with Crippen molar-refractivity contribution in [2.75, 3.05) is 32.7 Å². The highest BCUT2D eigenvalue weighted by Gasteiger charge is 2.38. The minimum absolute atomic E-state index is 0.546. The van der Waals surface area contributed by atoms with E-state index in [0.29, 0.717) is 5.41 Å². The molecule has 0 aliphatic carbocycles. The summed E-state index contributed by atoms with van der Waals surface area (Å²) in [6.07, 6.45) is 8.52. The van der Waals surface area contributed by atoms with E-state index in [4.69, 9.17) is 0 Å². The van der Waals surface area contributed by atoms with Gasteiger partial charge >= 0.3 is 0 Å². The summed E-state index contributed by atoms with van der Waals surface area (Å²) in [5.74, 6) is 1.81. The van der Waals surface area contributed by atoms with Crippen molar-refractivity contribution in [2.24, 2.45) is 17.3 Å². The first kappa shape index (κ1) is 15.3. The summed E-state index contributed by atoms with van der Waals surface area (Å²) in [5, 5.41) is 3.60. The molecular formula is C17H34N2. The Morgan fingerprint density at radius 1 is 1.26 bits per heavy atom. The molecular weight excluding hydrogens is 232 g/mol. The van der Waals surface area contributed by atoms with Gasteiger partial charge in [-0.05, 0) is 62.6 Å². The molecule has 1 N–H and O–H groups in total. The van der Waals surface area contributed by atoms with E-state index in [-0.39, 0.29) is 0 Å². The smallest absolute Gasteiger partial charge is 0.00531 e. The standard InChI is InChI=1S/C17H34N2/c1-4-6-16-7-5-11-19(12-8-16)14-17(15(2)3)9-10-18-13-17/h15-16,18H,4-14H2,1-3H3. The number of nitrogens with zero attached hydrogens (tertiary/aromatic N) is 1. The molecule has 0 saturated carbocycles. The molecule has 0 bridgehead atoms. The van der Waals surface area contributed by atoms with Gasteiger partial charge in [-0.3, -0.25) is 0 Å². The molecule has 2 saturated heterocycles. The van der Waals surface area contributed by atoms with Gasteiger partial charge in [0.25, 0.3) is 0 Å². The van der Waals surface area contributed by atoms with E-state index in [0.717, 1.165) is 11.8 Å². The van der Waals surface area contributed by atoms with Crippen LogP contribution in [0.4, 0.5) is 0 Å². The van der Waals surface area contributed by atoms with Crippen molar-refractivity contribution < 1.29 is 0 Å². The first-order valence-electron chi connectivity index (χ1n) is 8.59. The average molecular weight is 266 g/mol. The summed E-state index contributed by atoms with van der Waals surface area (Å²) in [4.78, 5) is 2.78. The van der Waals surface area contributed by atoms with Crippen LogP contribution in [0, 0.1) is 17.3 Å². The Hall–Kier alpha value is -0.0800. The second-order valence-corrected chi connectivity index (χ2v) is 7.31. The molecule has 2 nitrogen and oxygen atoms in total. The molecule has 112 valence electrons. The lowest BCUT2D eigenvalue weighted by Gasteiger charge is -2.38. The maximum atomic E-state index is 3.60. The molecule has 2 atom stereocenters. The molecule has 0 aromatic heterocycles. The van der Waals surface area contributed by atoms with Gasteiger partial charge in [-0.25, -0.2) is 0 Å². The molecule has 2 heteroatoms. The monoisotopic (exact) mass is 266 g/mol. The zero-order chi connectivity index (χ0) is 13.7. The number of nitrogens with one attached hydrogen (secondary N) is 1. The highest BCUT2D eigenvalue weighted by Crippen LogP contribution is 2.36. The van der Waals surface area contributed by atoms with E-state index in [1.54, 1.807) is 0 Å². The van der Waals surface area contributed by atoms with Crippen molar-refractivity contribution in [1.82, 2.24) is 10.2 Å². The van der Waals surface area contributed by atoms with Crippen molar-refractivity contribution in [3.63, 3.8) is 0 Å². The molecule has 2 unspecified atom stereocenters. The van der Waals surface area contributed by atoms with E-state index >= 15 is 0 Å². The summed E-state index contributed by atoms with van der Waals surface area (Å²) < 4.78 is 0. The lowest BCUT2D eigenvalue weighted by atomic mass is 9.76. The molecule has 0 aromatic carbocycles. The van der Waals surface area contributed by atoms with Gasteiger partial charge in [0.2, 0.25) is 0 Å². The summed E-state index contributed by atoms with van der Waals surface area (Å²) in [6.45, 7) is 13.7. The van der Waals surface area contributed by atoms with Gasteiger partial charge in [-0.1, -0.05) is 33.6 Å². The van der Waals surface area contributed by atoms with Crippen LogP contribution in [-0.2, 0) is 0 Å². The average Bonchev–Trinajstić information content (AvgIpc) is 2.75. The van der Waals surface area contributed by atoms with Crippen LogP contribution < -0.4 is 5.32 Å². The summed E-state index contributed by atoms with van der Waals surface area (Å²) in [6, 6.07) is 0. The molecule has 0 amide bonds. The van der Waals surface area contributed by atoms with Crippen molar-refractivity contribution in [2.45, 2.75) is 59.3 Å². The Morgan fingerprint density at radius 3 is 2.74 bits per heavy atom. The second kappa shape index (κ2) is 7.08. The third kappa shape index (κ3) is 3.95. The van der Waals surface area contributed by atoms with Crippen LogP contribution in [-0.4, -0.2) is 37.6 Å². The Morgan fingerprint density at radius 2 is 2.11 bits per heavy atom. The minimum atomic E-state index is 0.546. The van der Waals surface area contributed by atoms with Crippen LogP contribution in [0.3, 0.4) is 0 Å². The number of rotatable bonds is 5. The van der Waals surface area contributed by atoms with E-state index in [2.05, 4.69) is 31.0 Å². The fourth-order valence-corrected chi connectivity index (χ4v) is 4.10. The van der Waals surface area contributed by atoms with Crippen molar-refractivity contribution in [3.8, 4) is 0 Å². The Balaban J connectivity index is 1.88. The normalized spacial score (nSPS) is 33.8. The number of hydrogen-bond donors (Lipinski definition) is 1. The van der Waals surface area contributed by atoms with Crippen LogP contribution >= 0.6 is 0 Å². The van der Waals surface area contributed by atoms with Crippen molar-refractivity contribution in [1.29, 1.82) is 0 Å². The van der Waals surface area contributed by atoms with E-state index < -0.39 is 0 Å². The third-order valence-electron chi connectivity index (χ3n) is 5.68. The summed E-state index contributed by atoms with van der Waals surface area (Å²) in [5.41, 5.74) is 0.546. The van der Waals surface area contributed by atoms with Gasteiger partial charge in [0.05, 0.1) is 0 Å². The highest BCUT2D eigenvalue weighted by atomic mass is 15.1. The van der Waals surface area contributed by atoms with Crippen molar-refractivity contribution >= 4 is 0 Å². The summed E-state index contributed by atoms with van der Waals surface area (Å²) >= 11 is 0. The zero-order valence-corrected chi connectivity index (χ0v) is 13.4. The lowest BCUT2D eigenvalue weighted by molar-refractivity contribution is 0.119. The zero-order valence-electron chi connectivity index (χ0n) is 13.4. The van der Waals surface area contributed by atoms with Crippen molar-refractivity contribution in [3.05, 3.63) is 0 Å². The molecule has 0 radical (unpaired) electrons. The SMILES string of the molecule is CCCC1CCCN(CC2(C(C)C)CCNC2)CC1. The maximum Gasteiger partial charge on any atom is 0.00531 e. The fraction of sp³-hybridized carbons (Fsp3) is 1.00. The van der Waals surface area contributed by atoms with Gasteiger partial charge in [-0.15, -0.1) is 0 Å². The van der Waals surface area contributed by atoms with Gasteiger partial charge in [0, 0.05) is 13.1 Å². The van der Waals surface area contributed by atoms with Gasteiger partial charge in [-0.2, -0.15) is 0 Å². The summed E-state index contributed by atoms with van der Waals surface area (Å²) in [7, 11) is 0. The van der Waals surface area contributed by atoms with Crippen LogP contribution in [0.1, 0.15) is 59.3 Å². The molecule has 0 spiro atoms. The predicted molar refractivity (Wildman–Crippen MR) is 83.4 cm³/mol. The quantitative estimate of drug-likeness (QED) is 0.819. The minimum Gasteiger partial charge on any atom is -0.316 e. The largest absolute Gasteiger partial charge is 0.316 e. The van der Waals surface area contributed by atoms with Crippen LogP contribution in [0.5, 0.6) is 0 Å². The Bertz CT molecular complexity index is 256. The highest BCUT2D eigenvalue weighted by molar-refractivity contribution is 4.93. The van der Waals surface area contributed by atoms with E-state index in [1.807, 2.05) is 0 Å². The van der Waals surface area contributed by atoms with Gasteiger partial charge in [0.1, 0.15) is 0 Å². The lowest BCUT2D eigenvalue weighted by Crippen LogP contribution is -2.43. The fourth-order valence-electron chi connectivity index (χ4n) is 4.10. The molecule has 19 heavy (non-hydrogen) atoms. The predicted octanol–water partition coefficient (Wildman–Crippen LogP) is 3.52. The van der Waals surface area contributed by atoms with Crippen LogP contribution in [0.2, 0.25) is 0 Å². The topological polar surface area (TPSA) is 15.3 Å². The molecule has 2 fully saturated rings. The Kier molecular flexibility index (Phi) is 5.70. The van der Waals surface area contributed by atoms with E-state index in [9.17, 15) is 0 Å². The number of hydrogen-bond acceptors (Lipinski definition) is 2. The molecule has 2 heterocycles. The first-order chi connectivity index (χ1) is 9.16. The second-order valence-electron chi connectivity index (χ2n) is 7.31. The maximum absolute atomic E-state index is 3.60. The number of likely N-dealkylation sites (tertiary alicyclic amines) is 1. The Labute approximate surface area is 120 Å². The molecule has 0 aromatic rings. The first-order valence-corrected chi connectivity index (χ1v) is 8.59.